The first-order valence-corrected chi connectivity index (χ1v) is 1.52. The van der Waals surface area contributed by atoms with Crippen LogP contribution in [0.5, 0.6) is 0 Å². The molecule has 0 aromatic heterocycles. The first-order chi connectivity index (χ1) is 1.91. The minimum absolute atomic E-state index is 0. The Kier molecular flexibility index (Phi) is 17.7. The molecule has 1 nitrogen and oxygen atoms in total. The van der Waals surface area contributed by atoms with E-state index in [1.54, 1.807) is 0 Å². The second-order valence-corrected chi connectivity index (χ2v) is 0.724. The molecule has 0 aromatic carbocycles. The molecule has 0 bridgehead atoms. The molecule has 0 spiro atoms. The van der Waals surface area contributed by atoms with E-state index in [0.29, 0.717) is 6.61 Å². The molecule has 0 amide bonds. The van der Waals surface area contributed by atoms with Gasteiger partial charge in [-0.3, -0.25) is 0 Å². The summed E-state index contributed by atoms with van der Waals surface area (Å²) >= 11 is 0. The molecular formula is C3H10BaO. The molecule has 0 radical (unpaired) electrons. The molecular weight excluding hydrogens is 189 g/mol. The Balaban J connectivity index is 0. The van der Waals surface area contributed by atoms with Gasteiger partial charge in [-0.05, 0) is 6.42 Å². The zero-order valence-electron chi connectivity index (χ0n) is 2.86. The number of aliphatic hydroxyl groups is 1. The Bertz CT molecular complexity index is 8.85. The van der Waals surface area contributed by atoms with Crippen molar-refractivity contribution < 1.29 is 5.11 Å². The van der Waals surface area contributed by atoms with Gasteiger partial charge in [-0.2, -0.15) is 0 Å². The predicted molar refractivity (Wildman–Crippen MR) is 25.9 cm³/mol. The Morgan fingerprint density at radius 2 is 1.80 bits per heavy atom. The van der Waals surface area contributed by atoms with Gasteiger partial charge < -0.3 is 5.11 Å². The van der Waals surface area contributed by atoms with Gasteiger partial charge in [0.15, 0.2) is 0 Å². The van der Waals surface area contributed by atoms with Crippen LogP contribution in [-0.4, -0.2) is 60.6 Å². The molecule has 1 N–H and O–H groups in total. The summed E-state index contributed by atoms with van der Waals surface area (Å²) in [6, 6.07) is 0. The van der Waals surface area contributed by atoms with Crippen LogP contribution in [0.15, 0.2) is 0 Å². The molecule has 0 saturated carbocycles. The fourth-order valence-electron chi connectivity index (χ4n) is 0. The third kappa shape index (κ3) is 10.8. The average Bonchev–Trinajstić information content (AvgIpc) is 1.37. The number of rotatable bonds is 1. The molecule has 0 aliphatic heterocycles. The van der Waals surface area contributed by atoms with Gasteiger partial charge in [-0.25, -0.2) is 0 Å². The molecule has 0 saturated heterocycles. The van der Waals surface area contributed by atoms with Crippen molar-refractivity contribution in [3.63, 3.8) is 0 Å². The van der Waals surface area contributed by atoms with Gasteiger partial charge in [0.05, 0.1) is 0 Å². The molecule has 5 heavy (non-hydrogen) atoms. The normalized spacial score (nSPS) is 6.00. The summed E-state index contributed by atoms with van der Waals surface area (Å²) in [6.07, 6.45) is 0.875. The zero-order valence-corrected chi connectivity index (χ0v) is 2.86. The first kappa shape index (κ1) is 9.73. The van der Waals surface area contributed by atoms with Crippen molar-refractivity contribution in [2.45, 2.75) is 13.3 Å². The monoisotopic (exact) mass is 200 g/mol. The van der Waals surface area contributed by atoms with Crippen molar-refractivity contribution in [3.8, 4) is 0 Å². The third-order valence-electron chi connectivity index (χ3n) is 0.224. The average molecular weight is 199 g/mol. The van der Waals surface area contributed by atoms with Crippen LogP contribution in [0.2, 0.25) is 0 Å². The van der Waals surface area contributed by atoms with Crippen LogP contribution in [0.1, 0.15) is 13.3 Å². The van der Waals surface area contributed by atoms with Crippen LogP contribution >= 0.6 is 0 Å². The van der Waals surface area contributed by atoms with E-state index in [4.69, 9.17) is 5.11 Å². The fraction of sp³-hybridized carbons (Fsp3) is 1.00. The van der Waals surface area contributed by atoms with Gasteiger partial charge in [-0.15, -0.1) is 0 Å². The maximum atomic E-state index is 7.88. The SMILES string of the molecule is CCCO.[BaH2]. The summed E-state index contributed by atoms with van der Waals surface area (Å²) in [4.78, 5) is 0. The molecule has 30 valence electrons. The van der Waals surface area contributed by atoms with Gasteiger partial charge in [0.1, 0.15) is 0 Å². The van der Waals surface area contributed by atoms with Gasteiger partial charge >= 0.3 is 48.9 Å². The summed E-state index contributed by atoms with van der Waals surface area (Å²) in [7, 11) is 0. The number of aliphatic hydroxyl groups excluding tert-OH is 1. The van der Waals surface area contributed by atoms with Crippen molar-refractivity contribution in [1.82, 2.24) is 0 Å². The van der Waals surface area contributed by atoms with Gasteiger partial charge in [-0.1, -0.05) is 6.92 Å². The summed E-state index contributed by atoms with van der Waals surface area (Å²) in [6.45, 7) is 2.25. The standard InChI is InChI=1S/C3H8O.Ba.2H/c1-2-3-4;;;/h4H,2-3H2,1H3;;;. The van der Waals surface area contributed by atoms with Crippen LogP contribution in [0.4, 0.5) is 0 Å². The van der Waals surface area contributed by atoms with Crippen molar-refractivity contribution in [2.24, 2.45) is 0 Å². The molecule has 0 atom stereocenters. The molecule has 0 aromatic rings. The Morgan fingerprint density at radius 3 is 1.80 bits per heavy atom. The molecule has 0 unspecified atom stereocenters. The van der Waals surface area contributed by atoms with Crippen molar-refractivity contribution >= 4 is 48.9 Å². The van der Waals surface area contributed by atoms with E-state index in [2.05, 4.69) is 0 Å². The van der Waals surface area contributed by atoms with E-state index in [1.165, 1.54) is 0 Å². The van der Waals surface area contributed by atoms with Crippen LogP contribution in [0, 0.1) is 0 Å². The fourth-order valence-corrected chi connectivity index (χ4v) is 0. The summed E-state index contributed by atoms with van der Waals surface area (Å²) < 4.78 is 0. The van der Waals surface area contributed by atoms with E-state index in [9.17, 15) is 0 Å². The molecule has 0 aliphatic carbocycles. The third-order valence-corrected chi connectivity index (χ3v) is 0.224. The topological polar surface area (TPSA) is 20.2 Å². The Morgan fingerprint density at radius 1 is 1.60 bits per heavy atom. The summed E-state index contributed by atoms with van der Waals surface area (Å²) in [5.41, 5.74) is 0. The van der Waals surface area contributed by atoms with Crippen LogP contribution in [0.3, 0.4) is 0 Å². The van der Waals surface area contributed by atoms with Gasteiger partial charge in [0.2, 0.25) is 0 Å². The second-order valence-electron chi connectivity index (χ2n) is 0.724. The molecule has 0 fully saturated rings. The van der Waals surface area contributed by atoms with E-state index in [1.807, 2.05) is 6.92 Å². The van der Waals surface area contributed by atoms with Crippen molar-refractivity contribution in [3.05, 3.63) is 0 Å². The summed E-state index contributed by atoms with van der Waals surface area (Å²) in [5, 5.41) is 7.88. The number of hydrogen-bond acceptors (Lipinski definition) is 1. The van der Waals surface area contributed by atoms with Crippen molar-refractivity contribution in [1.29, 1.82) is 0 Å². The molecule has 0 aliphatic rings. The second kappa shape index (κ2) is 9.11. The predicted octanol–water partition coefficient (Wildman–Crippen LogP) is -0.528. The maximum absolute atomic E-state index is 7.88. The zero-order chi connectivity index (χ0) is 3.41. The molecule has 2 heteroatoms. The first-order valence-electron chi connectivity index (χ1n) is 1.52. The van der Waals surface area contributed by atoms with Crippen molar-refractivity contribution in [2.75, 3.05) is 6.61 Å². The van der Waals surface area contributed by atoms with Gasteiger partial charge in [0.25, 0.3) is 0 Å². The van der Waals surface area contributed by atoms with Crippen LogP contribution in [0.25, 0.3) is 0 Å². The quantitative estimate of drug-likeness (QED) is 0.563. The minimum atomic E-state index is 0. The Hall–Kier alpha value is 1.53. The van der Waals surface area contributed by atoms with E-state index in [0.717, 1.165) is 6.42 Å². The van der Waals surface area contributed by atoms with E-state index >= 15 is 0 Å². The van der Waals surface area contributed by atoms with Gasteiger partial charge in [0, 0.05) is 6.61 Å². The van der Waals surface area contributed by atoms with E-state index in [-0.39, 0.29) is 48.9 Å². The Labute approximate surface area is 72.8 Å². The van der Waals surface area contributed by atoms with Crippen LogP contribution in [-0.2, 0) is 0 Å². The number of hydrogen-bond donors (Lipinski definition) is 1. The van der Waals surface area contributed by atoms with Crippen LogP contribution < -0.4 is 0 Å². The molecule has 0 heterocycles. The van der Waals surface area contributed by atoms with E-state index < -0.39 is 0 Å². The summed E-state index contributed by atoms with van der Waals surface area (Å²) in [5.74, 6) is 0. The molecule has 0 rings (SSSR count).